The highest BCUT2D eigenvalue weighted by Gasteiger charge is 2.71. The maximum atomic E-state index is 13.3. The molecule has 0 aromatic carbocycles. The van der Waals surface area contributed by atoms with E-state index in [4.69, 9.17) is 43.6 Å². The lowest BCUT2D eigenvalue weighted by Crippen LogP contribution is -2.70. The van der Waals surface area contributed by atoms with Gasteiger partial charge in [-0.25, -0.2) is 25.0 Å². The Morgan fingerprint density at radius 2 is 1.22 bits per heavy atom. The molecule has 11 rings (SSSR count). The van der Waals surface area contributed by atoms with E-state index in [9.17, 15) is 4.79 Å². The number of pyridine rings is 1. The van der Waals surface area contributed by atoms with Crippen molar-refractivity contribution in [3.05, 3.63) is 30.1 Å². The molecule has 16 atom stereocenters. The van der Waals surface area contributed by atoms with Crippen molar-refractivity contribution in [2.24, 2.45) is 52.4 Å². The summed E-state index contributed by atoms with van der Waals surface area (Å²) in [6.45, 7) is 13.1. The van der Waals surface area contributed by atoms with Crippen LogP contribution in [0.1, 0.15) is 116 Å². The van der Waals surface area contributed by atoms with Crippen LogP contribution in [0.15, 0.2) is 29.6 Å². The zero-order chi connectivity index (χ0) is 35.3. The van der Waals surface area contributed by atoms with Crippen LogP contribution in [-0.4, -0.2) is 64.2 Å². The van der Waals surface area contributed by atoms with Gasteiger partial charge in [0.25, 0.3) is 5.91 Å². The first kappa shape index (κ1) is 34.7. The zero-order valence-electron chi connectivity index (χ0n) is 30.9. The minimum atomic E-state index is -0.852. The van der Waals surface area contributed by atoms with Crippen molar-refractivity contribution >= 4 is 11.6 Å². The van der Waals surface area contributed by atoms with Crippen LogP contribution in [-0.2, 0) is 38.5 Å². The minimum absolute atomic E-state index is 0.131. The first-order chi connectivity index (χ1) is 24.4. The maximum absolute atomic E-state index is 13.3. The van der Waals surface area contributed by atoms with Gasteiger partial charge in [-0.3, -0.25) is 9.78 Å². The van der Waals surface area contributed by atoms with Gasteiger partial charge in [0.15, 0.2) is 23.8 Å². The van der Waals surface area contributed by atoms with Crippen molar-refractivity contribution in [2.75, 3.05) is 0 Å². The van der Waals surface area contributed by atoms with E-state index >= 15 is 0 Å². The highest BCUT2D eigenvalue weighted by atomic mass is 17.3. The number of rotatable bonds is 6. The van der Waals surface area contributed by atoms with Crippen molar-refractivity contribution < 1.29 is 43.3 Å². The molecule has 2 aliphatic carbocycles. The summed E-state index contributed by atoms with van der Waals surface area (Å²) in [4.78, 5) is 42.3. The van der Waals surface area contributed by atoms with Crippen LogP contribution in [0.5, 0.6) is 0 Å². The maximum Gasteiger partial charge on any atom is 0.271 e. The predicted octanol–water partition coefficient (Wildman–Crippen LogP) is 6.45. The summed E-state index contributed by atoms with van der Waals surface area (Å²) in [5, 5.41) is 4.85. The molecule has 8 aliphatic heterocycles. The summed E-state index contributed by atoms with van der Waals surface area (Å²) in [6.07, 6.45) is 10.5. The van der Waals surface area contributed by atoms with Crippen molar-refractivity contribution in [1.29, 1.82) is 0 Å². The van der Waals surface area contributed by atoms with Gasteiger partial charge in [-0.05, 0) is 100 Å². The molecule has 10 fully saturated rings. The number of nitrogens with zero attached hydrogens (tertiary/aromatic N) is 2. The Balaban J connectivity index is 1.02. The van der Waals surface area contributed by atoms with Crippen LogP contribution < -0.4 is 5.43 Å². The lowest BCUT2D eigenvalue weighted by molar-refractivity contribution is -0.571. The number of hydrazone groups is 1. The average molecular weight is 710 g/mol. The number of carbonyl (C=O) groups is 1. The van der Waals surface area contributed by atoms with E-state index in [2.05, 4.69) is 38.1 Å². The van der Waals surface area contributed by atoms with Gasteiger partial charge in [0.2, 0.25) is 11.6 Å². The minimum Gasteiger partial charge on any atom is -0.345 e. The number of hydrogen-bond acceptors (Lipinski definition) is 11. The van der Waals surface area contributed by atoms with Crippen LogP contribution in [0.2, 0.25) is 0 Å². The fourth-order valence-electron chi connectivity index (χ4n) is 11.8. The van der Waals surface area contributed by atoms with Gasteiger partial charge in [0.05, 0.1) is 12.2 Å². The van der Waals surface area contributed by atoms with Crippen LogP contribution in [0.4, 0.5) is 0 Å². The molecule has 2 saturated carbocycles. The number of nitrogens with one attached hydrogen (secondary N) is 1. The van der Waals surface area contributed by atoms with Crippen molar-refractivity contribution in [3.8, 4) is 0 Å². The Labute approximate surface area is 300 Å². The second-order valence-corrected chi connectivity index (χ2v) is 17.7. The first-order valence-electron chi connectivity index (χ1n) is 19.6. The molecule has 1 N–H and O–H groups in total. The quantitative estimate of drug-likeness (QED) is 0.200. The fourth-order valence-corrected chi connectivity index (χ4v) is 11.8. The van der Waals surface area contributed by atoms with Gasteiger partial charge in [-0.15, -0.1) is 0 Å². The van der Waals surface area contributed by atoms with Crippen molar-refractivity contribution in [1.82, 2.24) is 10.4 Å². The summed E-state index contributed by atoms with van der Waals surface area (Å²) in [5.41, 5.74) is 2.87. The van der Waals surface area contributed by atoms with Crippen LogP contribution in [0, 0.1) is 47.3 Å². The number of carbonyl (C=O) groups excluding carboxylic acids is 1. The third-order valence-electron chi connectivity index (χ3n) is 14.7. The zero-order valence-corrected chi connectivity index (χ0v) is 30.9. The summed E-state index contributed by atoms with van der Waals surface area (Å²) >= 11 is 0. The Morgan fingerprint density at radius 3 is 1.71 bits per heavy atom. The van der Waals surface area contributed by atoms with Crippen LogP contribution in [0.25, 0.3) is 0 Å². The molecule has 280 valence electrons. The van der Waals surface area contributed by atoms with Crippen LogP contribution >= 0.6 is 0 Å². The molecular formula is C39H55N3O9. The molecule has 10 aliphatic rings. The average Bonchev–Trinajstić information content (AvgIpc) is 3.49. The molecule has 1 aromatic heterocycles. The monoisotopic (exact) mass is 709 g/mol. The topological polar surface area (TPSA) is 128 Å². The molecule has 4 bridgehead atoms. The summed E-state index contributed by atoms with van der Waals surface area (Å²) in [6, 6.07) is 3.37. The SMILES string of the molecule is C[C@H]1[C@@H](CC(C[C@H]2O[C@@H]3O[C@@]4(C)CC[C@H]5[C@H](C)CC[C@@H]([C@H]2C)[C@@]35OO4)=NNC(=O)c2ccncc2)O[C@@H]2O[C@@]3(C)CC[C@H]4[C@H](C)CC[C@@H]1[C@@]24OO3. The molecule has 12 nitrogen and oxygen atoms in total. The number of aromatic nitrogens is 1. The molecule has 2 spiro atoms. The highest BCUT2D eigenvalue weighted by Crippen LogP contribution is 2.62. The molecule has 12 heteroatoms. The number of hydrogen-bond donors (Lipinski definition) is 1. The van der Waals surface area contributed by atoms with E-state index in [1.807, 2.05) is 13.8 Å². The van der Waals surface area contributed by atoms with E-state index < -0.39 is 35.4 Å². The van der Waals surface area contributed by atoms with Gasteiger partial charge in [0.1, 0.15) is 0 Å². The number of ether oxygens (including phenoxy) is 4. The molecular weight excluding hydrogens is 654 g/mol. The predicted molar refractivity (Wildman–Crippen MR) is 182 cm³/mol. The Kier molecular flexibility index (Phi) is 8.52. The summed E-state index contributed by atoms with van der Waals surface area (Å²) in [7, 11) is 0. The second-order valence-electron chi connectivity index (χ2n) is 17.7. The normalized spacial score (nSPS) is 51.0. The standard InChI is InChI=1S/C39H55N3O9/c1-21-7-9-29-23(3)31(44-34-38(29)27(21)11-15-36(5,46-34)48-50-38)19-26(41-42-33(43)25-13-17-40-18-14-25)20-32-24(4)30-10-8-22(2)28-12-16-37(6)47-35(45-32)39(28,30)51-49-37/h13-14,17-18,21-24,27-32,34-35H,7-12,15-16,19-20H2,1-6H3,(H,42,43)/t21-,22-,23-,24-,27+,28+,29+,30+,31-,32-,34-,35-,36-,37-,38-,39-/m1/s1. The molecule has 51 heavy (non-hydrogen) atoms. The van der Waals surface area contributed by atoms with E-state index in [1.54, 1.807) is 24.5 Å². The lowest BCUT2D eigenvalue weighted by Gasteiger charge is -2.61. The van der Waals surface area contributed by atoms with Gasteiger partial charge in [-0.1, -0.05) is 27.7 Å². The van der Waals surface area contributed by atoms with E-state index in [-0.39, 0.29) is 53.6 Å². The van der Waals surface area contributed by atoms with Crippen molar-refractivity contribution in [3.63, 3.8) is 0 Å². The summed E-state index contributed by atoms with van der Waals surface area (Å²) < 4.78 is 27.3. The first-order valence-corrected chi connectivity index (χ1v) is 19.6. The molecule has 1 aromatic rings. The number of amides is 1. The Hall–Kier alpha value is -2.03. The van der Waals surface area contributed by atoms with E-state index in [0.29, 0.717) is 30.2 Å². The molecule has 8 saturated heterocycles. The Bertz CT molecular complexity index is 1450. The highest BCUT2D eigenvalue weighted by molar-refractivity contribution is 5.95. The largest absolute Gasteiger partial charge is 0.345 e. The van der Waals surface area contributed by atoms with Gasteiger partial charge in [-0.2, -0.15) is 5.10 Å². The molecule has 0 radical (unpaired) electrons. The van der Waals surface area contributed by atoms with E-state index in [0.717, 1.165) is 57.1 Å². The smallest absolute Gasteiger partial charge is 0.271 e. The van der Waals surface area contributed by atoms with Gasteiger partial charge < -0.3 is 18.9 Å². The Morgan fingerprint density at radius 1 is 0.725 bits per heavy atom. The molecule has 1 amide bonds. The lowest BCUT2D eigenvalue weighted by atomic mass is 9.57. The molecule has 0 unspecified atom stereocenters. The third-order valence-corrected chi connectivity index (χ3v) is 14.7. The molecule has 9 heterocycles. The van der Waals surface area contributed by atoms with Gasteiger partial charge in [0, 0.05) is 61.2 Å². The second kappa shape index (κ2) is 12.5. The summed E-state index contributed by atoms with van der Waals surface area (Å²) in [5.74, 6) is 0.195. The fraction of sp³-hybridized carbons (Fsp3) is 0.821. The van der Waals surface area contributed by atoms with Gasteiger partial charge >= 0.3 is 0 Å². The van der Waals surface area contributed by atoms with Crippen LogP contribution in [0.3, 0.4) is 0 Å². The van der Waals surface area contributed by atoms with Crippen molar-refractivity contribution in [2.45, 2.75) is 153 Å². The third kappa shape index (κ3) is 5.40. The number of fused-ring (bicyclic) bond motifs is 4. The van der Waals surface area contributed by atoms with E-state index in [1.165, 1.54) is 0 Å².